The Morgan fingerprint density at radius 3 is 2.39 bits per heavy atom. The van der Waals surface area contributed by atoms with Crippen LogP contribution >= 0.6 is 0 Å². The molecule has 0 bridgehead atoms. The van der Waals surface area contributed by atoms with Gasteiger partial charge in [0.1, 0.15) is 6.10 Å². The topological polar surface area (TPSA) is 57.5 Å². The fourth-order valence-corrected chi connectivity index (χ4v) is 5.79. The van der Waals surface area contributed by atoms with E-state index in [4.69, 9.17) is 0 Å². The lowest BCUT2D eigenvalue weighted by molar-refractivity contribution is -0.138. The zero-order valence-corrected chi connectivity index (χ0v) is 14.9. The molecule has 2 N–H and O–H groups in total. The van der Waals surface area contributed by atoms with Crippen molar-refractivity contribution < 1.29 is 15.0 Å². The van der Waals surface area contributed by atoms with Gasteiger partial charge in [0.15, 0.2) is 5.78 Å². The maximum absolute atomic E-state index is 13.0. The van der Waals surface area contributed by atoms with Crippen LogP contribution in [-0.2, 0) is 4.79 Å². The zero-order chi connectivity index (χ0) is 17.2. The van der Waals surface area contributed by atoms with Gasteiger partial charge in [-0.05, 0) is 43.4 Å². The van der Waals surface area contributed by atoms with Crippen LogP contribution in [0.4, 0.5) is 0 Å². The minimum absolute atomic E-state index is 0.00149. The molecule has 3 rings (SSSR count). The summed E-state index contributed by atoms with van der Waals surface area (Å²) in [5, 5.41) is 21.7. The van der Waals surface area contributed by atoms with E-state index in [1.165, 1.54) is 0 Å². The molecule has 3 aliphatic carbocycles. The van der Waals surface area contributed by atoms with E-state index >= 15 is 0 Å². The van der Waals surface area contributed by atoms with Crippen molar-refractivity contribution in [2.75, 3.05) is 0 Å². The normalized spacial score (nSPS) is 46.2. The second-order valence-corrected chi connectivity index (χ2v) is 9.02. The SMILES string of the molecule is C=C[C@@]1(C)CCC2=C(C1=O)[C@H](O)[C@@H](O)[C@H]1C(C)(C)CCC[C@]21C. The summed E-state index contributed by atoms with van der Waals surface area (Å²) in [5.41, 5.74) is 0.759. The van der Waals surface area contributed by atoms with Crippen molar-refractivity contribution in [2.24, 2.45) is 22.2 Å². The average molecular weight is 318 g/mol. The van der Waals surface area contributed by atoms with Crippen LogP contribution in [-0.4, -0.2) is 28.2 Å². The van der Waals surface area contributed by atoms with Gasteiger partial charge in [-0.2, -0.15) is 0 Å². The monoisotopic (exact) mass is 318 g/mol. The average Bonchev–Trinajstić information content (AvgIpc) is 2.46. The van der Waals surface area contributed by atoms with Crippen LogP contribution in [0.25, 0.3) is 0 Å². The number of aliphatic hydroxyl groups excluding tert-OH is 2. The molecule has 0 aliphatic heterocycles. The highest BCUT2D eigenvalue weighted by Crippen LogP contribution is 2.62. The first-order valence-electron chi connectivity index (χ1n) is 8.86. The molecule has 5 atom stereocenters. The second-order valence-electron chi connectivity index (χ2n) is 9.02. The molecule has 0 heterocycles. The van der Waals surface area contributed by atoms with Crippen molar-refractivity contribution in [1.82, 2.24) is 0 Å². The van der Waals surface area contributed by atoms with Crippen molar-refractivity contribution in [3.63, 3.8) is 0 Å². The summed E-state index contributed by atoms with van der Waals surface area (Å²) in [5.74, 6) is -0.0401. The number of carbonyl (C=O) groups is 1. The van der Waals surface area contributed by atoms with Gasteiger partial charge in [-0.25, -0.2) is 0 Å². The molecule has 0 amide bonds. The third kappa shape index (κ3) is 2.12. The molecule has 3 heteroatoms. The van der Waals surface area contributed by atoms with Gasteiger partial charge < -0.3 is 10.2 Å². The Hall–Kier alpha value is -0.930. The predicted molar refractivity (Wildman–Crippen MR) is 90.8 cm³/mol. The lowest BCUT2D eigenvalue weighted by atomic mass is 9.46. The number of carbonyl (C=O) groups excluding carboxylic acids is 1. The molecule has 23 heavy (non-hydrogen) atoms. The molecule has 0 saturated heterocycles. The van der Waals surface area contributed by atoms with E-state index in [1.807, 2.05) is 6.92 Å². The second kappa shape index (κ2) is 5.03. The highest BCUT2D eigenvalue weighted by Gasteiger charge is 2.59. The highest BCUT2D eigenvalue weighted by atomic mass is 16.3. The molecule has 128 valence electrons. The Morgan fingerprint density at radius 2 is 1.78 bits per heavy atom. The molecule has 0 unspecified atom stereocenters. The third-order valence-corrected chi connectivity index (χ3v) is 7.13. The number of rotatable bonds is 1. The maximum Gasteiger partial charge on any atom is 0.171 e. The maximum atomic E-state index is 13.0. The van der Waals surface area contributed by atoms with E-state index in [0.717, 1.165) is 37.7 Å². The first-order chi connectivity index (χ1) is 10.6. The number of ketones is 1. The Bertz CT molecular complexity index is 588. The molecule has 0 aromatic carbocycles. The highest BCUT2D eigenvalue weighted by molar-refractivity contribution is 6.03. The molecule has 1 saturated carbocycles. The Balaban J connectivity index is 2.19. The summed E-state index contributed by atoms with van der Waals surface area (Å²) in [6, 6.07) is 0. The first-order valence-corrected chi connectivity index (χ1v) is 8.86. The quantitative estimate of drug-likeness (QED) is 0.729. The molecule has 1 fully saturated rings. The van der Waals surface area contributed by atoms with E-state index in [-0.39, 0.29) is 22.5 Å². The Kier molecular flexibility index (Phi) is 3.70. The van der Waals surface area contributed by atoms with Gasteiger partial charge in [0.05, 0.1) is 6.10 Å². The van der Waals surface area contributed by atoms with Crippen molar-refractivity contribution in [2.45, 2.75) is 72.0 Å². The zero-order valence-electron chi connectivity index (χ0n) is 14.9. The molecular formula is C20H30O3. The van der Waals surface area contributed by atoms with Crippen LogP contribution < -0.4 is 0 Å². The van der Waals surface area contributed by atoms with Gasteiger partial charge in [-0.3, -0.25) is 4.79 Å². The molecule has 3 aliphatic rings. The van der Waals surface area contributed by atoms with Gasteiger partial charge in [0.25, 0.3) is 0 Å². The largest absolute Gasteiger partial charge is 0.390 e. The number of Topliss-reactive ketones (excluding diaryl/α,β-unsaturated/α-hetero) is 1. The van der Waals surface area contributed by atoms with E-state index in [1.54, 1.807) is 6.08 Å². The predicted octanol–water partition coefficient (Wildman–Crippen LogP) is 3.41. The van der Waals surface area contributed by atoms with Crippen LogP contribution in [0.15, 0.2) is 23.8 Å². The van der Waals surface area contributed by atoms with Gasteiger partial charge in [-0.1, -0.05) is 38.8 Å². The standard InChI is InChI=1S/C20H30O3/c1-6-19(4)11-8-12-13(17(19)23)14(21)15(22)16-18(2,3)9-7-10-20(12,16)5/h6,14-16,21-22H,1,7-11H2,2-5H3/t14-,15+,16-,19-,20+/m0/s1. The summed E-state index contributed by atoms with van der Waals surface area (Å²) < 4.78 is 0. The van der Waals surface area contributed by atoms with E-state index in [9.17, 15) is 15.0 Å². The smallest absolute Gasteiger partial charge is 0.171 e. The van der Waals surface area contributed by atoms with Crippen LogP contribution in [0, 0.1) is 22.2 Å². The van der Waals surface area contributed by atoms with Crippen LogP contribution in [0.1, 0.15) is 59.8 Å². The Morgan fingerprint density at radius 1 is 1.13 bits per heavy atom. The number of hydrogen-bond acceptors (Lipinski definition) is 3. The van der Waals surface area contributed by atoms with E-state index in [2.05, 4.69) is 27.4 Å². The van der Waals surface area contributed by atoms with Gasteiger partial charge in [0, 0.05) is 16.9 Å². The molecule has 3 nitrogen and oxygen atoms in total. The fourth-order valence-electron chi connectivity index (χ4n) is 5.79. The molecule has 0 radical (unpaired) electrons. The minimum atomic E-state index is -1.06. The van der Waals surface area contributed by atoms with Gasteiger partial charge in [-0.15, -0.1) is 6.58 Å². The first kappa shape index (κ1) is 16.9. The summed E-state index contributed by atoms with van der Waals surface area (Å²) in [7, 11) is 0. The van der Waals surface area contributed by atoms with Crippen LogP contribution in [0.2, 0.25) is 0 Å². The summed E-state index contributed by atoms with van der Waals surface area (Å²) in [4.78, 5) is 13.0. The number of aliphatic hydroxyl groups is 2. The van der Waals surface area contributed by atoms with Crippen molar-refractivity contribution in [1.29, 1.82) is 0 Å². The lowest BCUT2D eigenvalue weighted by Gasteiger charge is -2.59. The molecule has 0 aromatic heterocycles. The molecule has 0 spiro atoms. The summed E-state index contributed by atoms with van der Waals surface area (Å²) >= 11 is 0. The number of fused-ring (bicyclic) bond motifs is 2. The van der Waals surface area contributed by atoms with Gasteiger partial charge >= 0.3 is 0 Å². The van der Waals surface area contributed by atoms with Crippen LogP contribution in [0.3, 0.4) is 0 Å². The van der Waals surface area contributed by atoms with Crippen LogP contribution in [0.5, 0.6) is 0 Å². The van der Waals surface area contributed by atoms with Crippen molar-refractivity contribution >= 4 is 5.78 Å². The molecule has 0 aromatic rings. The molecular weight excluding hydrogens is 288 g/mol. The summed E-state index contributed by atoms with van der Waals surface area (Å²) in [6.45, 7) is 12.3. The van der Waals surface area contributed by atoms with Crippen molar-refractivity contribution in [3.05, 3.63) is 23.8 Å². The fraction of sp³-hybridized carbons (Fsp3) is 0.750. The van der Waals surface area contributed by atoms with Gasteiger partial charge in [0.2, 0.25) is 0 Å². The third-order valence-electron chi connectivity index (χ3n) is 7.13. The number of hydrogen-bond donors (Lipinski definition) is 2. The minimum Gasteiger partial charge on any atom is -0.390 e. The van der Waals surface area contributed by atoms with E-state index < -0.39 is 17.6 Å². The van der Waals surface area contributed by atoms with E-state index in [0.29, 0.717) is 5.57 Å². The summed E-state index contributed by atoms with van der Waals surface area (Å²) in [6.07, 6.45) is 4.48. The lowest BCUT2D eigenvalue weighted by Crippen LogP contribution is -2.59. The Labute approximate surface area is 139 Å². The number of allylic oxidation sites excluding steroid dienone is 2. The van der Waals surface area contributed by atoms with Crippen molar-refractivity contribution in [3.8, 4) is 0 Å².